The van der Waals surface area contributed by atoms with Crippen LogP contribution in [-0.4, -0.2) is 19.0 Å². The summed E-state index contributed by atoms with van der Waals surface area (Å²) < 4.78 is 0. The van der Waals surface area contributed by atoms with Crippen molar-refractivity contribution in [1.82, 2.24) is 5.32 Å². The number of carbonyl (C=O) groups is 1. The van der Waals surface area contributed by atoms with Gasteiger partial charge in [0.2, 0.25) is 5.91 Å². The summed E-state index contributed by atoms with van der Waals surface area (Å²) in [7, 11) is 0. The predicted octanol–water partition coefficient (Wildman–Crippen LogP) is 1.82. The van der Waals surface area contributed by atoms with Crippen molar-refractivity contribution in [2.24, 2.45) is 5.73 Å². The van der Waals surface area contributed by atoms with Crippen LogP contribution in [0.2, 0.25) is 0 Å². The topological polar surface area (TPSA) is 55.1 Å². The van der Waals surface area contributed by atoms with E-state index in [1.165, 1.54) is 0 Å². The standard InChI is InChI=1S/C14H22N2O/c1-14(2,12-8-4-3-5-9-12)13(17)16-11-7-6-10-15/h3-5,8-9H,6-7,10-11,15H2,1-2H3,(H,16,17). The Kier molecular flexibility index (Phi) is 5.16. The van der Waals surface area contributed by atoms with E-state index in [4.69, 9.17) is 5.73 Å². The number of nitrogens with one attached hydrogen (secondary N) is 1. The average Bonchev–Trinajstić information content (AvgIpc) is 2.35. The maximum absolute atomic E-state index is 12.1. The second kappa shape index (κ2) is 6.40. The molecular weight excluding hydrogens is 212 g/mol. The quantitative estimate of drug-likeness (QED) is 0.738. The number of rotatable bonds is 6. The van der Waals surface area contributed by atoms with Crippen LogP contribution in [0.5, 0.6) is 0 Å². The summed E-state index contributed by atoms with van der Waals surface area (Å²) in [5, 5.41) is 2.96. The van der Waals surface area contributed by atoms with E-state index in [0.717, 1.165) is 18.4 Å². The third-order valence-electron chi connectivity index (χ3n) is 2.98. The summed E-state index contributed by atoms with van der Waals surface area (Å²) in [6, 6.07) is 9.84. The minimum absolute atomic E-state index is 0.0701. The van der Waals surface area contributed by atoms with Gasteiger partial charge in [-0.1, -0.05) is 30.3 Å². The van der Waals surface area contributed by atoms with Crippen LogP contribution in [0.1, 0.15) is 32.3 Å². The Morgan fingerprint density at radius 2 is 1.88 bits per heavy atom. The molecule has 0 aliphatic rings. The summed E-state index contributed by atoms with van der Waals surface area (Å²) in [4.78, 5) is 12.1. The lowest BCUT2D eigenvalue weighted by molar-refractivity contribution is -0.125. The molecule has 0 aliphatic heterocycles. The highest BCUT2D eigenvalue weighted by molar-refractivity contribution is 5.87. The number of amides is 1. The largest absolute Gasteiger partial charge is 0.355 e. The molecule has 0 aromatic heterocycles. The van der Waals surface area contributed by atoms with Gasteiger partial charge in [-0.2, -0.15) is 0 Å². The number of benzene rings is 1. The maximum atomic E-state index is 12.1. The van der Waals surface area contributed by atoms with Gasteiger partial charge in [-0.25, -0.2) is 0 Å². The molecule has 3 heteroatoms. The lowest BCUT2D eigenvalue weighted by atomic mass is 9.84. The van der Waals surface area contributed by atoms with E-state index in [1.54, 1.807) is 0 Å². The molecule has 0 aliphatic carbocycles. The predicted molar refractivity (Wildman–Crippen MR) is 70.8 cm³/mol. The van der Waals surface area contributed by atoms with Gasteiger partial charge in [0.1, 0.15) is 0 Å². The van der Waals surface area contributed by atoms with Crippen molar-refractivity contribution in [2.45, 2.75) is 32.1 Å². The second-order valence-electron chi connectivity index (χ2n) is 4.74. The van der Waals surface area contributed by atoms with E-state index in [0.29, 0.717) is 13.1 Å². The van der Waals surface area contributed by atoms with Gasteiger partial charge >= 0.3 is 0 Å². The van der Waals surface area contributed by atoms with E-state index < -0.39 is 5.41 Å². The summed E-state index contributed by atoms with van der Waals surface area (Å²) in [6.45, 7) is 5.27. The number of unbranched alkanes of at least 4 members (excludes halogenated alkanes) is 1. The molecule has 0 fully saturated rings. The first-order valence-electron chi connectivity index (χ1n) is 6.13. The van der Waals surface area contributed by atoms with E-state index in [-0.39, 0.29) is 5.91 Å². The van der Waals surface area contributed by atoms with Crippen molar-refractivity contribution < 1.29 is 4.79 Å². The van der Waals surface area contributed by atoms with Crippen LogP contribution >= 0.6 is 0 Å². The molecule has 17 heavy (non-hydrogen) atoms. The summed E-state index contributed by atoms with van der Waals surface area (Å²) >= 11 is 0. The number of nitrogens with two attached hydrogens (primary N) is 1. The fraction of sp³-hybridized carbons (Fsp3) is 0.500. The molecule has 0 bridgehead atoms. The van der Waals surface area contributed by atoms with Crippen LogP contribution in [-0.2, 0) is 10.2 Å². The molecule has 0 atom stereocenters. The molecule has 0 spiro atoms. The molecule has 94 valence electrons. The normalized spacial score (nSPS) is 11.2. The average molecular weight is 234 g/mol. The molecule has 1 rings (SSSR count). The third-order valence-corrected chi connectivity index (χ3v) is 2.98. The van der Waals surface area contributed by atoms with Crippen LogP contribution in [0.4, 0.5) is 0 Å². The highest BCUT2D eigenvalue weighted by Gasteiger charge is 2.28. The first kappa shape index (κ1) is 13.7. The van der Waals surface area contributed by atoms with Crippen molar-refractivity contribution in [3.8, 4) is 0 Å². The highest BCUT2D eigenvalue weighted by atomic mass is 16.2. The first-order chi connectivity index (χ1) is 8.09. The second-order valence-corrected chi connectivity index (χ2v) is 4.74. The third kappa shape index (κ3) is 3.86. The fourth-order valence-electron chi connectivity index (χ4n) is 1.68. The van der Waals surface area contributed by atoms with Crippen LogP contribution in [0, 0.1) is 0 Å². The molecule has 0 heterocycles. The zero-order valence-electron chi connectivity index (χ0n) is 10.7. The van der Waals surface area contributed by atoms with Gasteiger partial charge in [-0.3, -0.25) is 4.79 Å². The van der Waals surface area contributed by atoms with E-state index in [9.17, 15) is 4.79 Å². The van der Waals surface area contributed by atoms with Crippen LogP contribution < -0.4 is 11.1 Å². The molecule has 0 saturated carbocycles. The maximum Gasteiger partial charge on any atom is 0.230 e. The molecule has 3 nitrogen and oxygen atoms in total. The van der Waals surface area contributed by atoms with Crippen LogP contribution in [0.3, 0.4) is 0 Å². The van der Waals surface area contributed by atoms with Crippen molar-refractivity contribution in [2.75, 3.05) is 13.1 Å². The molecule has 3 N–H and O–H groups in total. The minimum atomic E-state index is -0.482. The SMILES string of the molecule is CC(C)(C(=O)NCCCCN)c1ccccc1. The fourth-order valence-corrected chi connectivity index (χ4v) is 1.68. The monoisotopic (exact) mass is 234 g/mol. The van der Waals surface area contributed by atoms with Gasteiger partial charge in [0.15, 0.2) is 0 Å². The Morgan fingerprint density at radius 3 is 2.47 bits per heavy atom. The van der Waals surface area contributed by atoms with E-state index in [2.05, 4.69) is 5.32 Å². The van der Waals surface area contributed by atoms with Gasteiger partial charge in [0.05, 0.1) is 5.41 Å². The van der Waals surface area contributed by atoms with Gasteiger partial charge < -0.3 is 11.1 Å². The van der Waals surface area contributed by atoms with Gasteiger partial charge in [0, 0.05) is 6.54 Å². The number of hydrogen-bond donors (Lipinski definition) is 2. The summed E-state index contributed by atoms with van der Waals surface area (Å²) in [5.41, 5.74) is 5.97. The Balaban J connectivity index is 2.55. The molecule has 0 saturated heterocycles. The van der Waals surface area contributed by atoms with E-state index >= 15 is 0 Å². The van der Waals surface area contributed by atoms with Gasteiger partial charge in [0.25, 0.3) is 0 Å². The lowest BCUT2D eigenvalue weighted by Crippen LogP contribution is -2.40. The van der Waals surface area contributed by atoms with Crippen LogP contribution in [0.25, 0.3) is 0 Å². The molecule has 0 radical (unpaired) electrons. The van der Waals surface area contributed by atoms with Crippen LogP contribution in [0.15, 0.2) is 30.3 Å². The zero-order chi connectivity index (χ0) is 12.7. The molecule has 1 aromatic carbocycles. The van der Waals surface area contributed by atoms with Crippen molar-refractivity contribution in [3.05, 3.63) is 35.9 Å². The van der Waals surface area contributed by atoms with E-state index in [1.807, 2.05) is 44.2 Å². The van der Waals surface area contributed by atoms with Crippen molar-refractivity contribution >= 4 is 5.91 Å². The first-order valence-corrected chi connectivity index (χ1v) is 6.13. The van der Waals surface area contributed by atoms with Gasteiger partial charge in [-0.15, -0.1) is 0 Å². The van der Waals surface area contributed by atoms with Crippen molar-refractivity contribution in [1.29, 1.82) is 0 Å². The Labute approximate surface area is 103 Å². The molecule has 0 unspecified atom stereocenters. The lowest BCUT2D eigenvalue weighted by Gasteiger charge is -2.24. The Morgan fingerprint density at radius 1 is 1.24 bits per heavy atom. The summed E-state index contributed by atoms with van der Waals surface area (Å²) in [5.74, 6) is 0.0701. The van der Waals surface area contributed by atoms with Crippen molar-refractivity contribution in [3.63, 3.8) is 0 Å². The Bertz CT molecular complexity index is 346. The highest BCUT2D eigenvalue weighted by Crippen LogP contribution is 2.22. The minimum Gasteiger partial charge on any atom is -0.355 e. The smallest absolute Gasteiger partial charge is 0.230 e. The van der Waals surface area contributed by atoms with Gasteiger partial charge in [-0.05, 0) is 38.8 Å². The molecular formula is C14H22N2O. The zero-order valence-corrected chi connectivity index (χ0v) is 10.7. The molecule has 1 aromatic rings. The Hall–Kier alpha value is -1.35. The summed E-state index contributed by atoms with van der Waals surface area (Å²) in [6.07, 6.45) is 1.89. The number of hydrogen-bond acceptors (Lipinski definition) is 2. The number of carbonyl (C=O) groups excluding carboxylic acids is 1. The molecule has 1 amide bonds.